The zero-order chi connectivity index (χ0) is 15.2. The maximum atomic E-state index is 12.5. The van der Waals surface area contributed by atoms with Crippen LogP contribution in [0.2, 0.25) is 0 Å². The van der Waals surface area contributed by atoms with E-state index in [0.717, 1.165) is 0 Å². The van der Waals surface area contributed by atoms with Gasteiger partial charge in [-0.25, -0.2) is 0 Å². The summed E-state index contributed by atoms with van der Waals surface area (Å²) in [6.45, 7) is -0.597. The average Bonchev–Trinajstić information content (AvgIpc) is 2.36. The van der Waals surface area contributed by atoms with E-state index in [9.17, 15) is 22.8 Å². The van der Waals surface area contributed by atoms with Crippen LogP contribution in [0, 0.1) is 0 Å². The van der Waals surface area contributed by atoms with Crippen LogP contribution < -0.4 is 0 Å². The van der Waals surface area contributed by atoms with Gasteiger partial charge in [0, 0.05) is 19.2 Å². The maximum absolute atomic E-state index is 12.5. The predicted molar refractivity (Wildman–Crippen MR) is 62.6 cm³/mol. The first kappa shape index (κ1) is 15.9. The van der Waals surface area contributed by atoms with Crippen LogP contribution in [0.25, 0.3) is 0 Å². The molecule has 0 aliphatic carbocycles. The average molecular weight is 290 g/mol. The summed E-state index contributed by atoms with van der Waals surface area (Å²) in [4.78, 5) is 26.0. The molecule has 0 fully saturated rings. The predicted octanol–water partition coefficient (Wildman–Crippen LogP) is 1.84. The first-order valence-electron chi connectivity index (χ1n) is 5.78. The molecule has 8 heteroatoms. The van der Waals surface area contributed by atoms with Gasteiger partial charge in [0.1, 0.15) is 0 Å². The van der Waals surface area contributed by atoms with Gasteiger partial charge in [-0.15, -0.1) is 0 Å². The molecular weight excluding hydrogens is 277 g/mol. The summed E-state index contributed by atoms with van der Waals surface area (Å²) in [5.41, 5.74) is 0.306. The van der Waals surface area contributed by atoms with Gasteiger partial charge < -0.3 is 10.0 Å². The van der Waals surface area contributed by atoms with Crippen molar-refractivity contribution < 1.29 is 27.9 Å². The quantitative estimate of drug-likeness (QED) is 0.867. The minimum Gasteiger partial charge on any atom is -0.481 e. The molecule has 1 rings (SSSR count). The number of hydrogen-bond acceptors (Lipinski definition) is 3. The zero-order valence-corrected chi connectivity index (χ0v) is 10.4. The lowest BCUT2D eigenvalue weighted by Crippen LogP contribution is -2.41. The van der Waals surface area contributed by atoms with E-state index in [1.54, 1.807) is 12.1 Å². The standard InChI is InChI=1S/C12H13F3N2O3/c13-12(14,15)11(20)17(7-3-5-10(18)19)8-9-4-1-2-6-16-9/h1-2,4,6H,3,5,7-8H2,(H,18,19). The van der Waals surface area contributed by atoms with Crippen molar-refractivity contribution in [3.63, 3.8) is 0 Å². The van der Waals surface area contributed by atoms with Gasteiger partial charge in [0.2, 0.25) is 0 Å². The van der Waals surface area contributed by atoms with E-state index in [2.05, 4.69) is 4.98 Å². The fourth-order valence-electron chi connectivity index (χ4n) is 1.54. The Morgan fingerprint density at radius 1 is 1.30 bits per heavy atom. The van der Waals surface area contributed by atoms with Gasteiger partial charge >= 0.3 is 18.1 Å². The number of nitrogens with zero attached hydrogens (tertiary/aromatic N) is 2. The molecule has 1 aromatic rings. The Balaban J connectivity index is 2.73. The number of carbonyl (C=O) groups excluding carboxylic acids is 1. The molecule has 20 heavy (non-hydrogen) atoms. The van der Waals surface area contributed by atoms with Crippen LogP contribution in [0.1, 0.15) is 18.5 Å². The van der Waals surface area contributed by atoms with Crippen LogP contribution in [0.4, 0.5) is 13.2 Å². The number of halogens is 3. The Morgan fingerprint density at radius 2 is 2.00 bits per heavy atom. The van der Waals surface area contributed by atoms with E-state index in [1.165, 1.54) is 12.3 Å². The van der Waals surface area contributed by atoms with Crippen molar-refractivity contribution in [3.05, 3.63) is 30.1 Å². The molecule has 1 amide bonds. The van der Waals surface area contributed by atoms with Gasteiger partial charge in [0.25, 0.3) is 0 Å². The molecule has 0 atom stereocenters. The molecule has 1 aromatic heterocycles. The molecule has 0 saturated heterocycles. The van der Waals surface area contributed by atoms with Crippen molar-refractivity contribution in [2.45, 2.75) is 25.6 Å². The van der Waals surface area contributed by atoms with E-state index in [1.807, 2.05) is 0 Å². The Hall–Kier alpha value is -2.12. The summed E-state index contributed by atoms with van der Waals surface area (Å²) >= 11 is 0. The van der Waals surface area contributed by atoms with Crippen molar-refractivity contribution in [2.75, 3.05) is 6.54 Å². The molecule has 0 unspecified atom stereocenters. The number of rotatable bonds is 6. The third-order valence-corrected chi connectivity index (χ3v) is 2.43. The molecule has 0 spiro atoms. The van der Waals surface area contributed by atoms with Crippen LogP contribution in [0.3, 0.4) is 0 Å². The fourth-order valence-corrected chi connectivity index (χ4v) is 1.54. The van der Waals surface area contributed by atoms with Gasteiger partial charge in [0.05, 0.1) is 12.2 Å². The van der Waals surface area contributed by atoms with E-state index in [4.69, 9.17) is 5.11 Å². The molecule has 110 valence electrons. The second-order valence-electron chi connectivity index (χ2n) is 4.04. The summed E-state index contributed by atoms with van der Waals surface area (Å²) in [5.74, 6) is -3.12. The number of aliphatic carboxylic acids is 1. The number of carboxylic acid groups (broad SMARTS) is 1. The van der Waals surface area contributed by atoms with Crippen molar-refractivity contribution in [2.24, 2.45) is 0 Å². The third kappa shape index (κ3) is 5.25. The minimum atomic E-state index is -4.99. The van der Waals surface area contributed by atoms with E-state index >= 15 is 0 Å². The van der Waals surface area contributed by atoms with Gasteiger partial charge in [-0.05, 0) is 18.6 Å². The first-order valence-corrected chi connectivity index (χ1v) is 5.78. The summed E-state index contributed by atoms with van der Waals surface area (Å²) in [5, 5.41) is 8.48. The van der Waals surface area contributed by atoms with Gasteiger partial charge in [-0.3, -0.25) is 14.6 Å². The molecule has 0 bridgehead atoms. The molecule has 0 saturated carbocycles. The Labute approximate surface area is 113 Å². The molecule has 1 heterocycles. The van der Waals surface area contributed by atoms with Crippen LogP contribution in [-0.4, -0.2) is 39.6 Å². The highest BCUT2D eigenvalue weighted by Gasteiger charge is 2.42. The highest BCUT2D eigenvalue weighted by atomic mass is 19.4. The van der Waals surface area contributed by atoms with E-state index < -0.39 is 18.1 Å². The Bertz CT molecular complexity index is 463. The highest BCUT2D eigenvalue weighted by Crippen LogP contribution is 2.20. The number of carboxylic acids is 1. The van der Waals surface area contributed by atoms with E-state index in [-0.39, 0.29) is 25.9 Å². The van der Waals surface area contributed by atoms with Crippen molar-refractivity contribution in [3.8, 4) is 0 Å². The Kier molecular flexibility index (Phi) is 5.48. The second kappa shape index (κ2) is 6.88. The lowest BCUT2D eigenvalue weighted by atomic mass is 10.2. The lowest BCUT2D eigenvalue weighted by molar-refractivity contribution is -0.186. The molecular formula is C12H13F3N2O3. The summed E-state index contributed by atoms with van der Waals surface area (Å²) in [7, 11) is 0. The number of aromatic nitrogens is 1. The lowest BCUT2D eigenvalue weighted by Gasteiger charge is -2.23. The topological polar surface area (TPSA) is 70.5 Å². The van der Waals surface area contributed by atoms with Crippen LogP contribution in [-0.2, 0) is 16.1 Å². The van der Waals surface area contributed by atoms with Gasteiger partial charge in [-0.1, -0.05) is 6.07 Å². The minimum absolute atomic E-state index is 0.0516. The van der Waals surface area contributed by atoms with Crippen molar-refractivity contribution >= 4 is 11.9 Å². The van der Waals surface area contributed by atoms with Crippen LogP contribution in [0.15, 0.2) is 24.4 Å². The maximum Gasteiger partial charge on any atom is 0.471 e. The fraction of sp³-hybridized carbons (Fsp3) is 0.417. The monoisotopic (exact) mass is 290 g/mol. The van der Waals surface area contributed by atoms with E-state index in [0.29, 0.717) is 10.6 Å². The highest BCUT2D eigenvalue weighted by molar-refractivity contribution is 5.81. The van der Waals surface area contributed by atoms with Gasteiger partial charge in [-0.2, -0.15) is 13.2 Å². The Morgan fingerprint density at radius 3 is 2.50 bits per heavy atom. The normalized spacial score (nSPS) is 11.2. The molecule has 5 nitrogen and oxygen atoms in total. The van der Waals surface area contributed by atoms with Crippen molar-refractivity contribution in [1.29, 1.82) is 0 Å². The van der Waals surface area contributed by atoms with Crippen LogP contribution in [0.5, 0.6) is 0 Å². The molecule has 1 N–H and O–H groups in total. The molecule has 0 aliphatic rings. The summed E-state index contributed by atoms with van der Waals surface area (Å²) in [6, 6.07) is 4.69. The third-order valence-electron chi connectivity index (χ3n) is 2.43. The summed E-state index contributed by atoms with van der Waals surface area (Å²) < 4.78 is 37.4. The molecule has 0 aliphatic heterocycles. The number of hydrogen-bond donors (Lipinski definition) is 1. The molecule has 0 radical (unpaired) electrons. The smallest absolute Gasteiger partial charge is 0.471 e. The van der Waals surface area contributed by atoms with Gasteiger partial charge in [0.15, 0.2) is 0 Å². The van der Waals surface area contributed by atoms with Crippen LogP contribution >= 0.6 is 0 Å². The number of alkyl halides is 3. The summed E-state index contributed by atoms with van der Waals surface area (Å²) in [6.07, 6.45) is -3.94. The first-order chi connectivity index (χ1) is 9.30. The second-order valence-corrected chi connectivity index (χ2v) is 4.04. The largest absolute Gasteiger partial charge is 0.481 e. The SMILES string of the molecule is O=C(O)CCCN(Cc1ccccn1)C(=O)C(F)(F)F. The number of pyridine rings is 1. The molecule has 0 aromatic carbocycles. The number of carbonyl (C=O) groups is 2. The van der Waals surface area contributed by atoms with Crippen molar-refractivity contribution in [1.82, 2.24) is 9.88 Å². The zero-order valence-electron chi connectivity index (χ0n) is 10.4. The number of amides is 1.